The van der Waals surface area contributed by atoms with E-state index in [2.05, 4.69) is 33.1 Å². The van der Waals surface area contributed by atoms with Crippen LogP contribution in [0.2, 0.25) is 0 Å². The lowest BCUT2D eigenvalue weighted by atomic mass is 10.1. The van der Waals surface area contributed by atoms with Gasteiger partial charge in [0, 0.05) is 23.3 Å². The molecule has 304 valence electrons. The van der Waals surface area contributed by atoms with Gasteiger partial charge in [0.1, 0.15) is 0 Å². The van der Waals surface area contributed by atoms with E-state index in [1.807, 2.05) is 0 Å². The van der Waals surface area contributed by atoms with Gasteiger partial charge in [-0.15, -0.1) is 0 Å². The smallest absolute Gasteiger partial charge is 0.340 e. The number of carbonyl (C=O) groups excluding carboxylic acids is 4. The first-order chi connectivity index (χ1) is 28.3. The zero-order valence-corrected chi connectivity index (χ0v) is 31.8. The van der Waals surface area contributed by atoms with E-state index in [-0.39, 0.29) is 24.3 Å². The highest BCUT2D eigenvalue weighted by atomic mass is 16.8. The molecule has 1 aliphatic heterocycles. The van der Waals surface area contributed by atoms with Gasteiger partial charge in [0.25, 0.3) is 12.6 Å². The number of esters is 4. The number of unbranched alkanes of at least 4 members (excludes halogenated alkanes) is 4. The predicted octanol–water partition coefficient (Wildman–Crippen LogP) is 5.87. The minimum absolute atomic E-state index is 0.128. The van der Waals surface area contributed by atoms with Gasteiger partial charge in [0.15, 0.2) is 23.1 Å². The van der Waals surface area contributed by atoms with Crippen molar-refractivity contribution >= 4 is 23.9 Å². The Morgan fingerprint density at radius 2 is 0.914 bits per heavy atom. The monoisotopic (exact) mass is 796 g/mol. The van der Waals surface area contributed by atoms with Gasteiger partial charge in [0.2, 0.25) is 0 Å². The Kier molecular flexibility index (Phi) is 16.8. The summed E-state index contributed by atoms with van der Waals surface area (Å²) in [5.74, 6) is -0.399. The van der Waals surface area contributed by atoms with Crippen LogP contribution in [0.3, 0.4) is 0 Å². The Hall–Kier alpha value is -6.52. The second-order valence-electron chi connectivity index (χ2n) is 12.5. The van der Waals surface area contributed by atoms with E-state index in [1.165, 1.54) is 0 Å². The van der Waals surface area contributed by atoms with Crippen molar-refractivity contribution in [1.29, 1.82) is 0 Å². The molecule has 0 aliphatic carbocycles. The van der Waals surface area contributed by atoms with Gasteiger partial charge in [-0.25, -0.2) is 39.1 Å². The molecule has 3 heterocycles. The molecule has 2 aromatic carbocycles. The first-order valence-corrected chi connectivity index (χ1v) is 18.7. The predicted molar refractivity (Wildman–Crippen MR) is 206 cm³/mol. The van der Waals surface area contributed by atoms with Crippen molar-refractivity contribution in [2.75, 3.05) is 39.6 Å². The third-order valence-electron chi connectivity index (χ3n) is 8.27. The molecule has 16 nitrogen and oxygen atoms in total. The number of nitrogens with zero attached hydrogens (tertiary/aromatic N) is 4. The van der Waals surface area contributed by atoms with Crippen LogP contribution in [0, 0.1) is 0 Å². The largest absolute Gasteiger partial charge is 0.490 e. The minimum atomic E-state index is -1.30. The summed E-state index contributed by atoms with van der Waals surface area (Å²) in [4.78, 5) is 65.6. The van der Waals surface area contributed by atoms with E-state index >= 15 is 0 Å². The molecule has 5 rings (SSSR count). The molecule has 2 aromatic heterocycles. The molecule has 0 N–H and O–H groups in total. The van der Waals surface area contributed by atoms with Crippen molar-refractivity contribution < 1.29 is 57.1 Å². The van der Waals surface area contributed by atoms with Crippen LogP contribution in [0.5, 0.6) is 11.5 Å². The average molecular weight is 797 g/mol. The highest BCUT2D eigenvalue weighted by Crippen LogP contribution is 2.22. The number of rotatable bonds is 22. The summed E-state index contributed by atoms with van der Waals surface area (Å²) in [5, 5.41) is 0. The fraction of sp³-hybridized carbons (Fsp3) is 0.333. The molecule has 1 fully saturated rings. The fourth-order valence-electron chi connectivity index (χ4n) is 5.21. The highest BCUT2D eigenvalue weighted by molar-refractivity contribution is 5.91. The van der Waals surface area contributed by atoms with Gasteiger partial charge < -0.3 is 37.9 Å². The average Bonchev–Trinajstić information content (AvgIpc) is 3.26. The van der Waals surface area contributed by atoms with Gasteiger partial charge in [-0.3, -0.25) is 0 Å². The standard InChI is InChI=1S/C42H44N4O12/c1-3-35(47)53-21-9-5-7-19-51-33-25-43-37(44-26-33)29-11-15-31(16-12-29)39(49)57-41-42(56-24-23-55-41)58-40(50)32-17-13-30(14-18-32)38-45-27-34(28-46-38)52-20-8-6-10-22-54-36(48)4-2/h3-4,11-18,25-28,41-42H,1-2,5-10,19-24H2/t41-,42-/m1/s1. The number of ether oxygens (including phenoxy) is 8. The molecule has 0 amide bonds. The molecule has 0 bridgehead atoms. The quantitative estimate of drug-likeness (QED) is 0.0396. The molecule has 58 heavy (non-hydrogen) atoms. The van der Waals surface area contributed by atoms with Gasteiger partial charge in [-0.2, -0.15) is 0 Å². The van der Waals surface area contributed by atoms with E-state index < -0.39 is 36.5 Å². The summed E-state index contributed by atoms with van der Waals surface area (Å²) in [6.45, 7) is 8.58. The number of hydrogen-bond acceptors (Lipinski definition) is 16. The van der Waals surface area contributed by atoms with Gasteiger partial charge in [-0.05, 0) is 62.8 Å². The topological polar surface area (TPSA) is 194 Å². The number of aromatic nitrogens is 4. The summed E-state index contributed by atoms with van der Waals surface area (Å²) < 4.78 is 43.5. The van der Waals surface area contributed by atoms with E-state index in [4.69, 9.17) is 37.9 Å². The van der Waals surface area contributed by atoms with E-state index in [0.717, 1.165) is 50.7 Å². The molecule has 1 saturated heterocycles. The minimum Gasteiger partial charge on any atom is -0.490 e. The Bertz CT molecular complexity index is 1810. The summed E-state index contributed by atoms with van der Waals surface area (Å²) in [7, 11) is 0. The van der Waals surface area contributed by atoms with Crippen molar-refractivity contribution in [3.05, 3.63) is 110 Å². The van der Waals surface area contributed by atoms with Crippen LogP contribution < -0.4 is 9.47 Å². The van der Waals surface area contributed by atoms with Crippen molar-refractivity contribution in [2.45, 2.75) is 51.1 Å². The summed E-state index contributed by atoms with van der Waals surface area (Å²) in [5.41, 5.74) is 1.77. The van der Waals surface area contributed by atoms with Crippen molar-refractivity contribution in [2.24, 2.45) is 0 Å². The van der Waals surface area contributed by atoms with Crippen LogP contribution in [0.4, 0.5) is 0 Å². The number of hydrogen-bond donors (Lipinski definition) is 0. The molecule has 1 aliphatic rings. The molecule has 0 spiro atoms. The van der Waals surface area contributed by atoms with Crippen LogP contribution in [0.1, 0.15) is 59.2 Å². The molecule has 4 aromatic rings. The number of carbonyl (C=O) groups is 4. The lowest BCUT2D eigenvalue weighted by molar-refractivity contribution is -0.288. The molecule has 0 unspecified atom stereocenters. The van der Waals surface area contributed by atoms with Crippen LogP contribution in [-0.4, -0.2) is 96.0 Å². The zero-order chi connectivity index (χ0) is 41.0. The summed E-state index contributed by atoms with van der Waals surface area (Å²) >= 11 is 0. The SMILES string of the molecule is C=CC(=O)OCCCCCOc1cnc(-c2ccc(C(=O)O[C@H]3OCCO[C@@H]3OC(=O)c3ccc(-c4ncc(OCCCCCOC(=O)C=C)cn4)cc3)cc2)nc1. The second-order valence-corrected chi connectivity index (χ2v) is 12.5. The normalized spacial score (nSPS) is 14.7. The maximum absolute atomic E-state index is 13.0. The molecule has 2 atom stereocenters. The van der Waals surface area contributed by atoms with Gasteiger partial charge in [0.05, 0.1) is 75.6 Å². The van der Waals surface area contributed by atoms with Crippen LogP contribution >= 0.6 is 0 Å². The van der Waals surface area contributed by atoms with Crippen LogP contribution in [0.15, 0.2) is 98.6 Å². The first-order valence-electron chi connectivity index (χ1n) is 18.7. The molecule has 0 saturated carbocycles. The van der Waals surface area contributed by atoms with E-state index in [1.54, 1.807) is 73.3 Å². The first kappa shape index (κ1) is 42.6. The fourth-order valence-corrected chi connectivity index (χ4v) is 5.21. The van der Waals surface area contributed by atoms with Gasteiger partial charge >= 0.3 is 23.9 Å². The second kappa shape index (κ2) is 22.9. The highest BCUT2D eigenvalue weighted by Gasteiger charge is 2.34. The van der Waals surface area contributed by atoms with Crippen molar-refractivity contribution in [3.63, 3.8) is 0 Å². The Morgan fingerprint density at radius 1 is 0.552 bits per heavy atom. The molecular formula is C42H44N4O12. The Labute approximate surface area is 335 Å². The molecule has 16 heteroatoms. The lowest BCUT2D eigenvalue weighted by Gasteiger charge is -2.30. The molecule has 0 radical (unpaired) electrons. The van der Waals surface area contributed by atoms with Gasteiger partial charge in [-0.1, -0.05) is 37.4 Å². The summed E-state index contributed by atoms with van der Waals surface area (Å²) in [6.07, 6.45) is 10.6. The Balaban J connectivity index is 1.04. The maximum atomic E-state index is 13.0. The Morgan fingerprint density at radius 3 is 1.28 bits per heavy atom. The molecular weight excluding hydrogens is 752 g/mol. The van der Waals surface area contributed by atoms with E-state index in [9.17, 15) is 19.2 Å². The van der Waals surface area contributed by atoms with Crippen LogP contribution in [0.25, 0.3) is 22.8 Å². The third-order valence-corrected chi connectivity index (χ3v) is 8.27. The van der Waals surface area contributed by atoms with Crippen LogP contribution in [-0.2, 0) is 38.0 Å². The maximum Gasteiger partial charge on any atom is 0.340 e. The van der Waals surface area contributed by atoms with Crippen molar-refractivity contribution in [1.82, 2.24) is 19.9 Å². The summed E-state index contributed by atoms with van der Waals surface area (Å²) in [6, 6.07) is 13.0. The third kappa shape index (κ3) is 13.6. The lowest BCUT2D eigenvalue weighted by Crippen LogP contribution is -2.44. The zero-order valence-electron chi connectivity index (χ0n) is 31.8. The van der Waals surface area contributed by atoms with E-state index in [0.29, 0.717) is 60.7 Å². The number of benzene rings is 2. The van der Waals surface area contributed by atoms with Crippen molar-refractivity contribution in [3.8, 4) is 34.3 Å².